The lowest BCUT2D eigenvalue weighted by Crippen LogP contribution is -2.28. The number of hydrogen-bond acceptors (Lipinski definition) is 2. The van der Waals surface area contributed by atoms with E-state index in [0.29, 0.717) is 11.0 Å². The number of thiocarbonyl (C=S) groups is 1. The van der Waals surface area contributed by atoms with Gasteiger partial charge in [-0.2, -0.15) is 0 Å². The fourth-order valence-electron chi connectivity index (χ4n) is 1.14. The molecule has 0 atom stereocenters. The number of nitrogens with zero attached hydrogens (tertiary/aromatic N) is 1. The Labute approximate surface area is 116 Å². The SMILES string of the molecule is CCC.CCNC(=S)Nc1ccc(C(C)C)cn1. The highest BCUT2D eigenvalue weighted by Gasteiger charge is 2.00. The second-order valence-electron chi connectivity index (χ2n) is 4.32. The minimum absolute atomic E-state index is 0.507. The Kier molecular flexibility index (Phi) is 9.19. The van der Waals surface area contributed by atoms with Gasteiger partial charge in [0.2, 0.25) is 0 Å². The summed E-state index contributed by atoms with van der Waals surface area (Å²) >= 11 is 5.06. The van der Waals surface area contributed by atoms with Gasteiger partial charge >= 0.3 is 0 Å². The molecule has 0 aliphatic carbocycles. The molecule has 18 heavy (non-hydrogen) atoms. The van der Waals surface area contributed by atoms with Crippen LogP contribution in [0.4, 0.5) is 5.82 Å². The van der Waals surface area contributed by atoms with E-state index < -0.39 is 0 Å². The van der Waals surface area contributed by atoms with Crippen molar-refractivity contribution in [1.82, 2.24) is 10.3 Å². The third kappa shape index (κ3) is 7.22. The van der Waals surface area contributed by atoms with Crippen molar-refractivity contribution >= 4 is 23.1 Å². The van der Waals surface area contributed by atoms with Gasteiger partial charge < -0.3 is 10.6 Å². The van der Waals surface area contributed by atoms with Crippen LogP contribution in [0.3, 0.4) is 0 Å². The Morgan fingerprint density at radius 1 is 1.28 bits per heavy atom. The van der Waals surface area contributed by atoms with Crippen LogP contribution in [0.1, 0.15) is 52.5 Å². The minimum Gasteiger partial charge on any atom is -0.363 e. The number of hydrogen-bond donors (Lipinski definition) is 2. The predicted molar refractivity (Wildman–Crippen MR) is 84.2 cm³/mol. The molecule has 0 aromatic carbocycles. The van der Waals surface area contributed by atoms with Crippen LogP contribution in [0.5, 0.6) is 0 Å². The second kappa shape index (κ2) is 9.83. The molecule has 0 spiro atoms. The Hall–Kier alpha value is -1.16. The van der Waals surface area contributed by atoms with Gasteiger partial charge in [-0.05, 0) is 36.7 Å². The van der Waals surface area contributed by atoms with Crippen molar-refractivity contribution < 1.29 is 0 Å². The maximum atomic E-state index is 5.06. The monoisotopic (exact) mass is 267 g/mol. The highest BCUT2D eigenvalue weighted by atomic mass is 32.1. The lowest BCUT2D eigenvalue weighted by molar-refractivity contribution is 0.859. The molecular weight excluding hydrogens is 242 g/mol. The Bertz CT molecular complexity index is 333. The van der Waals surface area contributed by atoms with Crippen molar-refractivity contribution in [2.24, 2.45) is 0 Å². The van der Waals surface area contributed by atoms with Crippen molar-refractivity contribution in [3.63, 3.8) is 0 Å². The van der Waals surface area contributed by atoms with Gasteiger partial charge in [-0.25, -0.2) is 4.98 Å². The average Bonchev–Trinajstić information content (AvgIpc) is 2.31. The zero-order valence-electron chi connectivity index (χ0n) is 12.1. The summed E-state index contributed by atoms with van der Waals surface area (Å²) in [6, 6.07) is 4.01. The topological polar surface area (TPSA) is 37.0 Å². The minimum atomic E-state index is 0.507. The van der Waals surface area contributed by atoms with Crippen LogP contribution in [0.2, 0.25) is 0 Å². The van der Waals surface area contributed by atoms with E-state index in [9.17, 15) is 0 Å². The van der Waals surface area contributed by atoms with Crippen molar-refractivity contribution in [3.8, 4) is 0 Å². The summed E-state index contributed by atoms with van der Waals surface area (Å²) in [5.41, 5.74) is 1.23. The van der Waals surface area contributed by atoms with Gasteiger partial charge in [0, 0.05) is 12.7 Å². The normalized spacial score (nSPS) is 9.44. The van der Waals surface area contributed by atoms with Crippen molar-refractivity contribution in [1.29, 1.82) is 0 Å². The summed E-state index contributed by atoms with van der Waals surface area (Å²) in [5, 5.41) is 6.64. The molecule has 0 radical (unpaired) electrons. The zero-order valence-corrected chi connectivity index (χ0v) is 12.9. The van der Waals surface area contributed by atoms with Gasteiger partial charge in [-0.15, -0.1) is 0 Å². The van der Waals surface area contributed by atoms with Gasteiger partial charge in [-0.3, -0.25) is 0 Å². The summed E-state index contributed by atoms with van der Waals surface area (Å²) in [4.78, 5) is 4.28. The first-order chi connectivity index (χ1) is 8.54. The Morgan fingerprint density at radius 2 is 1.89 bits per heavy atom. The average molecular weight is 267 g/mol. The van der Waals surface area contributed by atoms with Crippen LogP contribution in [-0.2, 0) is 0 Å². The fraction of sp³-hybridized carbons (Fsp3) is 0.571. The lowest BCUT2D eigenvalue weighted by atomic mass is 10.1. The van der Waals surface area contributed by atoms with E-state index in [4.69, 9.17) is 12.2 Å². The lowest BCUT2D eigenvalue weighted by Gasteiger charge is -2.09. The molecule has 0 bridgehead atoms. The van der Waals surface area contributed by atoms with E-state index in [1.54, 1.807) is 0 Å². The number of pyridine rings is 1. The molecule has 0 saturated heterocycles. The van der Waals surface area contributed by atoms with E-state index in [-0.39, 0.29) is 0 Å². The molecule has 3 nitrogen and oxygen atoms in total. The maximum absolute atomic E-state index is 5.06. The van der Waals surface area contributed by atoms with E-state index >= 15 is 0 Å². The molecule has 2 N–H and O–H groups in total. The number of nitrogens with one attached hydrogen (secondary N) is 2. The highest BCUT2D eigenvalue weighted by molar-refractivity contribution is 7.80. The molecule has 102 valence electrons. The third-order valence-electron chi connectivity index (χ3n) is 2.03. The van der Waals surface area contributed by atoms with Crippen molar-refractivity contribution in [2.45, 2.75) is 47.0 Å². The second-order valence-corrected chi connectivity index (χ2v) is 4.73. The van der Waals surface area contributed by atoms with Crippen molar-refractivity contribution in [3.05, 3.63) is 23.9 Å². The molecule has 0 saturated carbocycles. The molecular formula is C14H25N3S. The van der Waals surface area contributed by atoms with Gasteiger partial charge in [0.15, 0.2) is 5.11 Å². The molecule has 0 fully saturated rings. The molecule has 4 heteroatoms. The first-order valence-corrected chi connectivity index (χ1v) is 6.96. The highest BCUT2D eigenvalue weighted by Crippen LogP contribution is 2.14. The summed E-state index contributed by atoms with van der Waals surface area (Å²) in [6.07, 6.45) is 3.13. The van der Waals surface area contributed by atoms with Gasteiger partial charge in [0.1, 0.15) is 5.82 Å². The van der Waals surface area contributed by atoms with Crippen LogP contribution >= 0.6 is 12.2 Å². The van der Waals surface area contributed by atoms with E-state index in [2.05, 4.69) is 49.4 Å². The predicted octanol–water partition coefficient (Wildman–Crippen LogP) is 3.93. The smallest absolute Gasteiger partial charge is 0.171 e. The van der Waals surface area contributed by atoms with E-state index in [1.807, 2.05) is 19.2 Å². The van der Waals surface area contributed by atoms with Gasteiger partial charge in [0.25, 0.3) is 0 Å². The van der Waals surface area contributed by atoms with Crippen LogP contribution < -0.4 is 10.6 Å². The molecule has 1 heterocycles. The quantitative estimate of drug-likeness (QED) is 0.814. The fourth-order valence-corrected chi connectivity index (χ4v) is 1.39. The molecule has 1 rings (SSSR count). The standard InChI is InChI=1S/C11H17N3S.C3H8/c1-4-12-11(15)14-10-6-5-9(7-13-10)8(2)3;1-3-2/h5-8H,4H2,1-3H3,(H2,12,13,14,15);3H2,1-2H3. The first kappa shape index (κ1) is 16.8. The van der Waals surface area contributed by atoms with E-state index in [0.717, 1.165) is 12.4 Å². The van der Waals surface area contributed by atoms with Crippen LogP contribution in [0, 0.1) is 0 Å². The Morgan fingerprint density at radius 3 is 2.28 bits per heavy atom. The molecule has 1 aromatic heterocycles. The van der Waals surface area contributed by atoms with Crippen LogP contribution in [0.25, 0.3) is 0 Å². The number of rotatable bonds is 3. The molecule has 0 aliphatic rings. The largest absolute Gasteiger partial charge is 0.363 e. The summed E-state index contributed by atoms with van der Waals surface area (Å²) in [7, 11) is 0. The maximum Gasteiger partial charge on any atom is 0.171 e. The third-order valence-corrected chi connectivity index (χ3v) is 2.28. The summed E-state index contributed by atoms with van der Waals surface area (Å²) in [6.45, 7) is 11.4. The Balaban J connectivity index is 0.000000873. The molecule has 0 amide bonds. The number of anilines is 1. The van der Waals surface area contributed by atoms with Crippen LogP contribution in [0.15, 0.2) is 18.3 Å². The number of aromatic nitrogens is 1. The van der Waals surface area contributed by atoms with Gasteiger partial charge in [-0.1, -0.05) is 40.2 Å². The summed E-state index contributed by atoms with van der Waals surface area (Å²) < 4.78 is 0. The summed E-state index contributed by atoms with van der Waals surface area (Å²) in [5.74, 6) is 1.29. The molecule has 0 unspecified atom stereocenters. The zero-order chi connectivity index (χ0) is 14.0. The van der Waals surface area contributed by atoms with Crippen LogP contribution in [-0.4, -0.2) is 16.6 Å². The molecule has 1 aromatic rings. The first-order valence-electron chi connectivity index (χ1n) is 6.55. The van der Waals surface area contributed by atoms with Crippen molar-refractivity contribution in [2.75, 3.05) is 11.9 Å². The van der Waals surface area contributed by atoms with E-state index in [1.165, 1.54) is 12.0 Å². The van der Waals surface area contributed by atoms with Gasteiger partial charge in [0.05, 0.1) is 0 Å². The molecule has 0 aliphatic heterocycles.